The highest BCUT2D eigenvalue weighted by molar-refractivity contribution is 6.18. The van der Waals surface area contributed by atoms with Crippen LogP contribution in [-0.4, -0.2) is 89.3 Å². The molecule has 14 nitrogen and oxygen atoms in total. The standard InChI is InChI=1S/C22H29Cl2N3O11/c1-11(28)34-10-16-17(35-12(2)29)18(36-13(3)30)19(37-14(4)31)21(38-16)27-9-15(20(32)25-22(27)33)26(7-5-23)8-6-24/h9,16-19,21H,5-8,10H2,1-4H3,(H,25,32,33)/t16-,17+,18+,19+,21-/m0/s1. The highest BCUT2D eigenvalue weighted by Crippen LogP contribution is 2.34. The molecular weight excluding hydrogens is 553 g/mol. The normalized spacial score (nSPS) is 22.7. The lowest BCUT2D eigenvalue weighted by molar-refractivity contribution is -0.269. The topological polar surface area (TPSA) is 173 Å². The average molecular weight is 582 g/mol. The van der Waals surface area contributed by atoms with Gasteiger partial charge in [-0.3, -0.25) is 33.5 Å². The summed E-state index contributed by atoms with van der Waals surface area (Å²) in [6.07, 6.45) is -6.11. The van der Waals surface area contributed by atoms with Gasteiger partial charge in [-0.1, -0.05) is 0 Å². The first-order valence-electron chi connectivity index (χ1n) is 11.4. The molecule has 16 heteroatoms. The van der Waals surface area contributed by atoms with Gasteiger partial charge in [-0.2, -0.15) is 0 Å². The second kappa shape index (κ2) is 14.2. The van der Waals surface area contributed by atoms with Crippen LogP contribution in [0.4, 0.5) is 5.69 Å². The van der Waals surface area contributed by atoms with Crippen LogP contribution in [0.5, 0.6) is 0 Å². The maximum Gasteiger partial charge on any atom is 0.330 e. The van der Waals surface area contributed by atoms with Gasteiger partial charge >= 0.3 is 29.6 Å². The third-order valence-electron chi connectivity index (χ3n) is 5.24. The average Bonchev–Trinajstić information content (AvgIpc) is 2.80. The van der Waals surface area contributed by atoms with E-state index in [-0.39, 0.29) is 30.5 Å². The van der Waals surface area contributed by atoms with Gasteiger partial charge in [0, 0.05) is 58.7 Å². The third-order valence-corrected chi connectivity index (χ3v) is 5.58. The lowest BCUT2D eigenvalue weighted by atomic mass is 9.97. The smallest absolute Gasteiger partial charge is 0.330 e. The Morgan fingerprint density at radius 2 is 1.42 bits per heavy atom. The largest absolute Gasteiger partial charge is 0.463 e. The molecule has 1 fully saturated rings. The number of ether oxygens (including phenoxy) is 5. The van der Waals surface area contributed by atoms with Crippen molar-refractivity contribution in [2.75, 3.05) is 36.4 Å². The summed E-state index contributed by atoms with van der Waals surface area (Å²) in [6, 6.07) is 0. The molecule has 0 unspecified atom stereocenters. The third kappa shape index (κ3) is 8.20. The van der Waals surface area contributed by atoms with E-state index in [0.29, 0.717) is 0 Å². The molecule has 2 rings (SSSR count). The summed E-state index contributed by atoms with van der Waals surface area (Å²) in [4.78, 5) is 76.8. The molecule has 1 saturated heterocycles. The van der Waals surface area contributed by atoms with Crippen LogP contribution in [0.3, 0.4) is 0 Å². The fourth-order valence-corrected chi connectivity index (χ4v) is 4.28. The van der Waals surface area contributed by atoms with E-state index in [1.54, 1.807) is 0 Å². The maximum atomic E-state index is 13.0. The van der Waals surface area contributed by atoms with Crippen molar-refractivity contribution in [1.82, 2.24) is 9.55 Å². The van der Waals surface area contributed by atoms with Gasteiger partial charge in [-0.05, 0) is 0 Å². The molecule has 0 radical (unpaired) electrons. The fourth-order valence-electron chi connectivity index (χ4n) is 3.88. The lowest BCUT2D eigenvalue weighted by Gasteiger charge is -2.44. The van der Waals surface area contributed by atoms with E-state index in [1.165, 1.54) is 4.90 Å². The molecule has 1 N–H and O–H groups in total. The number of aromatic amines is 1. The molecule has 0 aliphatic carbocycles. The first kappa shape index (κ1) is 31.1. The van der Waals surface area contributed by atoms with E-state index >= 15 is 0 Å². The van der Waals surface area contributed by atoms with E-state index in [9.17, 15) is 28.8 Å². The Labute approximate surface area is 227 Å². The predicted octanol–water partition coefficient (Wildman–Crippen LogP) is 0.0762. The molecule has 1 aliphatic rings. The van der Waals surface area contributed by atoms with Crippen LogP contribution < -0.4 is 16.1 Å². The van der Waals surface area contributed by atoms with Crippen molar-refractivity contribution in [1.29, 1.82) is 0 Å². The van der Waals surface area contributed by atoms with Crippen molar-refractivity contribution in [2.24, 2.45) is 0 Å². The van der Waals surface area contributed by atoms with Gasteiger partial charge in [0.1, 0.15) is 18.4 Å². The van der Waals surface area contributed by atoms with Gasteiger partial charge in [0.05, 0.1) is 0 Å². The van der Waals surface area contributed by atoms with Crippen molar-refractivity contribution in [3.8, 4) is 0 Å². The van der Waals surface area contributed by atoms with Gasteiger partial charge in [0.15, 0.2) is 24.5 Å². The zero-order valence-corrected chi connectivity index (χ0v) is 22.7. The number of rotatable bonds is 11. The number of nitrogens with zero attached hydrogens (tertiary/aromatic N) is 2. The van der Waals surface area contributed by atoms with E-state index in [0.717, 1.165) is 38.5 Å². The number of alkyl halides is 2. The molecule has 1 aromatic rings. The van der Waals surface area contributed by atoms with E-state index < -0.39 is 72.4 Å². The number of hydrogen-bond acceptors (Lipinski definition) is 12. The Bertz CT molecular complexity index is 1130. The fraction of sp³-hybridized carbons (Fsp3) is 0.636. The second-order valence-corrected chi connectivity index (χ2v) is 8.89. The van der Waals surface area contributed by atoms with Crippen molar-refractivity contribution in [3.63, 3.8) is 0 Å². The molecule has 2 heterocycles. The van der Waals surface area contributed by atoms with Crippen molar-refractivity contribution in [3.05, 3.63) is 27.0 Å². The van der Waals surface area contributed by atoms with Crippen molar-refractivity contribution < 1.29 is 42.9 Å². The number of esters is 4. The summed E-state index contributed by atoms with van der Waals surface area (Å²) in [7, 11) is 0. The molecule has 0 spiro atoms. The van der Waals surface area contributed by atoms with Crippen LogP contribution in [0.2, 0.25) is 0 Å². The Kier molecular flexibility index (Phi) is 11.6. The van der Waals surface area contributed by atoms with Crippen LogP contribution in [0, 0.1) is 0 Å². The van der Waals surface area contributed by atoms with Gasteiger partial charge in [-0.15, -0.1) is 23.2 Å². The number of nitrogens with one attached hydrogen (secondary N) is 1. The summed E-state index contributed by atoms with van der Waals surface area (Å²) >= 11 is 11.7. The minimum atomic E-state index is -1.54. The Morgan fingerprint density at radius 1 is 0.895 bits per heavy atom. The molecule has 0 saturated carbocycles. The number of H-pyrrole nitrogens is 1. The molecule has 212 valence electrons. The highest BCUT2D eigenvalue weighted by atomic mass is 35.5. The summed E-state index contributed by atoms with van der Waals surface area (Å²) in [6.45, 7) is 4.28. The molecule has 1 aliphatic heterocycles. The van der Waals surface area contributed by atoms with E-state index in [1.807, 2.05) is 0 Å². The first-order chi connectivity index (χ1) is 17.9. The predicted molar refractivity (Wildman–Crippen MR) is 132 cm³/mol. The van der Waals surface area contributed by atoms with Gasteiger partial charge in [-0.25, -0.2) is 4.79 Å². The Balaban J connectivity index is 2.73. The molecule has 1 aromatic heterocycles. The summed E-state index contributed by atoms with van der Waals surface area (Å²) in [5, 5.41) is 0. The van der Waals surface area contributed by atoms with Crippen LogP contribution in [-0.2, 0) is 42.9 Å². The molecule has 38 heavy (non-hydrogen) atoms. The molecular formula is C22H29Cl2N3O11. The second-order valence-electron chi connectivity index (χ2n) is 8.14. The zero-order chi connectivity index (χ0) is 28.6. The molecule has 5 atom stereocenters. The summed E-state index contributed by atoms with van der Waals surface area (Å²) in [5.74, 6) is -2.90. The first-order valence-corrected chi connectivity index (χ1v) is 12.5. The van der Waals surface area contributed by atoms with Gasteiger partial charge in [0.25, 0.3) is 5.56 Å². The zero-order valence-electron chi connectivity index (χ0n) is 21.1. The number of carbonyl (C=O) groups is 4. The van der Waals surface area contributed by atoms with Gasteiger partial charge < -0.3 is 28.6 Å². The quantitative estimate of drug-likeness (QED) is 0.212. The van der Waals surface area contributed by atoms with E-state index in [2.05, 4.69) is 4.98 Å². The van der Waals surface area contributed by atoms with Crippen molar-refractivity contribution in [2.45, 2.75) is 58.3 Å². The number of aromatic nitrogens is 2. The summed E-state index contributed by atoms with van der Waals surface area (Å²) < 4.78 is 28.0. The minimum absolute atomic E-state index is 0.00115. The van der Waals surface area contributed by atoms with Gasteiger partial charge in [0.2, 0.25) is 0 Å². The molecule has 0 bridgehead atoms. The highest BCUT2D eigenvalue weighted by Gasteiger charge is 2.53. The van der Waals surface area contributed by atoms with Crippen LogP contribution in [0.1, 0.15) is 33.9 Å². The SMILES string of the molecule is CC(=O)OC[C@@H]1O[C@H](n2cc(N(CCCl)CCCl)c(=O)[nH]c2=O)[C@H](OC(C)=O)[C@H](OC(C)=O)[C@@H]1OC(C)=O. The Hall–Kier alpha value is -3.10. The maximum absolute atomic E-state index is 13.0. The number of hydrogen-bond donors (Lipinski definition) is 1. The van der Waals surface area contributed by atoms with Crippen LogP contribution in [0.15, 0.2) is 15.8 Å². The minimum Gasteiger partial charge on any atom is -0.463 e. The Morgan fingerprint density at radius 3 is 1.92 bits per heavy atom. The van der Waals surface area contributed by atoms with Crippen molar-refractivity contribution >= 4 is 52.8 Å². The summed E-state index contributed by atoms with van der Waals surface area (Å²) in [5.41, 5.74) is -1.71. The lowest BCUT2D eigenvalue weighted by Crippen LogP contribution is -2.61. The monoisotopic (exact) mass is 581 g/mol. The van der Waals surface area contributed by atoms with E-state index in [4.69, 9.17) is 46.9 Å². The molecule has 0 amide bonds. The molecule has 0 aromatic carbocycles. The number of anilines is 1. The number of carbonyl (C=O) groups excluding carboxylic acids is 4. The number of halogens is 2. The van der Waals surface area contributed by atoms with Crippen LogP contribution in [0.25, 0.3) is 0 Å². The van der Waals surface area contributed by atoms with Crippen LogP contribution >= 0.6 is 23.2 Å².